The lowest BCUT2D eigenvalue weighted by Crippen LogP contribution is -2.38. The fourth-order valence-electron chi connectivity index (χ4n) is 3.67. The van der Waals surface area contributed by atoms with Crippen molar-refractivity contribution in [3.05, 3.63) is 57.4 Å². The zero-order valence-corrected chi connectivity index (χ0v) is 18.7. The molecule has 164 valence electrons. The third-order valence-electron chi connectivity index (χ3n) is 5.54. The first-order valence-corrected chi connectivity index (χ1v) is 10.3. The Hall–Kier alpha value is -3.87. The highest BCUT2D eigenvalue weighted by atomic mass is 16.1. The topological polar surface area (TPSA) is 124 Å². The summed E-state index contributed by atoms with van der Waals surface area (Å²) in [5.41, 5.74) is -0.451. The van der Waals surface area contributed by atoms with Crippen LogP contribution < -0.4 is 11.1 Å². The van der Waals surface area contributed by atoms with Crippen molar-refractivity contribution < 1.29 is 0 Å². The first kappa shape index (κ1) is 21.4. The van der Waals surface area contributed by atoms with Crippen LogP contribution in [0, 0.1) is 11.3 Å². The van der Waals surface area contributed by atoms with E-state index in [0.717, 1.165) is 0 Å². The zero-order valence-electron chi connectivity index (χ0n) is 18.7. The van der Waals surface area contributed by atoms with Gasteiger partial charge >= 0.3 is 0 Å². The third kappa shape index (κ3) is 3.45. The minimum absolute atomic E-state index is 0.127. The molecule has 32 heavy (non-hydrogen) atoms. The van der Waals surface area contributed by atoms with Gasteiger partial charge in [0.2, 0.25) is 0 Å². The van der Waals surface area contributed by atoms with E-state index in [9.17, 15) is 14.9 Å². The average Bonchev–Trinajstić information content (AvgIpc) is 3.14. The smallest absolute Gasteiger partial charge is 0.279 e. The van der Waals surface area contributed by atoms with Crippen LogP contribution in [0.1, 0.15) is 46.7 Å². The van der Waals surface area contributed by atoms with Gasteiger partial charge in [0, 0.05) is 18.3 Å². The minimum atomic E-state index is -0.620. The monoisotopic (exact) mass is 432 g/mol. The maximum atomic E-state index is 13.3. The molecule has 0 aliphatic heterocycles. The number of aromatic nitrogens is 7. The summed E-state index contributed by atoms with van der Waals surface area (Å²) in [5, 5.41) is 14.1. The Labute approximate surface area is 183 Å². The standard InChI is InChI=1S/C22H24N8O2/c1-21(2,3)30-17-16(15(11-23)27-30)25-12-28(20(17)32)10-8-22(4,5)29-13-26-18-14(19(29)31)7-6-9-24-18/h6-7,9,12-13H,8,10H2,1-5H3. The predicted octanol–water partition coefficient (Wildman–Crippen LogP) is 2.15. The van der Waals surface area contributed by atoms with Gasteiger partial charge in [-0.3, -0.25) is 23.4 Å². The van der Waals surface area contributed by atoms with Crippen molar-refractivity contribution in [3.63, 3.8) is 0 Å². The highest BCUT2D eigenvalue weighted by molar-refractivity contribution is 5.79. The first-order chi connectivity index (χ1) is 15.0. The summed E-state index contributed by atoms with van der Waals surface area (Å²) in [5.74, 6) is 0. The molecule has 4 rings (SSSR count). The molecule has 4 aromatic rings. The van der Waals surface area contributed by atoms with Crippen molar-refractivity contribution in [1.29, 1.82) is 5.26 Å². The molecule has 0 saturated carbocycles. The minimum Gasteiger partial charge on any atom is -0.297 e. The predicted molar refractivity (Wildman–Crippen MR) is 119 cm³/mol. The van der Waals surface area contributed by atoms with Crippen molar-refractivity contribution in [3.8, 4) is 6.07 Å². The van der Waals surface area contributed by atoms with Gasteiger partial charge in [-0.05, 0) is 53.2 Å². The van der Waals surface area contributed by atoms with Gasteiger partial charge in [0.25, 0.3) is 11.1 Å². The molecule has 0 aromatic carbocycles. The van der Waals surface area contributed by atoms with E-state index in [2.05, 4.69) is 20.1 Å². The molecular weight excluding hydrogens is 408 g/mol. The molecule has 0 saturated heterocycles. The van der Waals surface area contributed by atoms with Crippen molar-refractivity contribution in [2.45, 2.75) is 58.7 Å². The van der Waals surface area contributed by atoms with E-state index in [1.54, 1.807) is 27.6 Å². The number of nitriles is 1. The summed E-state index contributed by atoms with van der Waals surface area (Å²) in [6.07, 6.45) is 5.00. The van der Waals surface area contributed by atoms with E-state index in [1.807, 2.05) is 40.7 Å². The van der Waals surface area contributed by atoms with E-state index in [0.29, 0.717) is 35.0 Å². The molecule has 10 nitrogen and oxygen atoms in total. The van der Waals surface area contributed by atoms with Crippen LogP contribution in [-0.2, 0) is 17.6 Å². The molecule has 0 atom stereocenters. The van der Waals surface area contributed by atoms with E-state index in [1.165, 1.54) is 17.2 Å². The van der Waals surface area contributed by atoms with Crippen molar-refractivity contribution in [2.24, 2.45) is 0 Å². The van der Waals surface area contributed by atoms with Crippen LogP contribution in [0.2, 0.25) is 0 Å². The van der Waals surface area contributed by atoms with E-state index in [4.69, 9.17) is 0 Å². The van der Waals surface area contributed by atoms with Crippen LogP contribution >= 0.6 is 0 Å². The molecule has 0 aliphatic rings. The van der Waals surface area contributed by atoms with Crippen LogP contribution in [0.3, 0.4) is 0 Å². The maximum Gasteiger partial charge on any atom is 0.279 e. The Morgan fingerprint density at radius 1 is 1.03 bits per heavy atom. The molecule has 0 amide bonds. The summed E-state index contributed by atoms with van der Waals surface area (Å²) in [6, 6.07) is 5.42. The summed E-state index contributed by atoms with van der Waals surface area (Å²) in [7, 11) is 0. The van der Waals surface area contributed by atoms with E-state index in [-0.39, 0.29) is 16.8 Å². The Kier molecular flexibility index (Phi) is 4.92. The van der Waals surface area contributed by atoms with Crippen LogP contribution in [0.5, 0.6) is 0 Å². The molecule has 0 unspecified atom stereocenters. The van der Waals surface area contributed by atoms with Gasteiger partial charge < -0.3 is 0 Å². The quantitative estimate of drug-likeness (QED) is 0.484. The fourth-order valence-corrected chi connectivity index (χ4v) is 3.67. The van der Waals surface area contributed by atoms with Crippen LogP contribution in [0.15, 0.2) is 40.6 Å². The lowest BCUT2D eigenvalue weighted by atomic mass is 10.00. The van der Waals surface area contributed by atoms with Crippen LogP contribution in [-0.4, -0.2) is 33.9 Å². The van der Waals surface area contributed by atoms with Gasteiger partial charge in [-0.15, -0.1) is 0 Å². The molecule has 0 radical (unpaired) electrons. The maximum absolute atomic E-state index is 13.3. The molecule has 0 spiro atoms. The average molecular weight is 432 g/mol. The van der Waals surface area contributed by atoms with E-state index < -0.39 is 11.1 Å². The fraction of sp³-hybridized carbons (Fsp3) is 0.409. The van der Waals surface area contributed by atoms with Crippen molar-refractivity contribution >= 4 is 22.1 Å². The van der Waals surface area contributed by atoms with Crippen LogP contribution in [0.25, 0.3) is 22.1 Å². The third-order valence-corrected chi connectivity index (χ3v) is 5.54. The SMILES string of the molecule is CC(C)(C)n1nc(C#N)c2ncn(CCC(C)(C)n3cnc4ncccc4c3=O)c(=O)c21. The summed E-state index contributed by atoms with van der Waals surface area (Å²) < 4.78 is 4.63. The second-order valence-electron chi connectivity index (χ2n) is 9.34. The van der Waals surface area contributed by atoms with E-state index >= 15 is 0 Å². The molecule has 4 aromatic heterocycles. The highest BCUT2D eigenvalue weighted by Crippen LogP contribution is 2.22. The second kappa shape index (κ2) is 7.37. The molecule has 10 heteroatoms. The van der Waals surface area contributed by atoms with Gasteiger partial charge in [-0.2, -0.15) is 10.4 Å². The summed E-state index contributed by atoms with van der Waals surface area (Å²) >= 11 is 0. The van der Waals surface area contributed by atoms with Crippen molar-refractivity contribution in [1.82, 2.24) is 33.9 Å². The number of fused-ring (bicyclic) bond motifs is 2. The zero-order chi connectivity index (χ0) is 23.3. The lowest BCUT2D eigenvalue weighted by Gasteiger charge is -2.27. The molecule has 4 heterocycles. The number of rotatable bonds is 4. The van der Waals surface area contributed by atoms with Gasteiger partial charge in [0.1, 0.15) is 17.9 Å². The van der Waals surface area contributed by atoms with Gasteiger partial charge in [0.15, 0.2) is 16.9 Å². The molecule has 0 fully saturated rings. The Balaban J connectivity index is 1.72. The largest absolute Gasteiger partial charge is 0.297 e. The Morgan fingerprint density at radius 2 is 1.78 bits per heavy atom. The van der Waals surface area contributed by atoms with Gasteiger partial charge in [0.05, 0.1) is 17.3 Å². The molecule has 0 N–H and O–H groups in total. The number of hydrogen-bond donors (Lipinski definition) is 0. The normalized spacial score (nSPS) is 12.4. The first-order valence-electron chi connectivity index (χ1n) is 10.3. The number of hydrogen-bond acceptors (Lipinski definition) is 7. The number of nitrogens with zero attached hydrogens (tertiary/aromatic N) is 8. The number of aryl methyl sites for hydroxylation is 1. The summed E-state index contributed by atoms with van der Waals surface area (Å²) in [4.78, 5) is 39.0. The second-order valence-corrected chi connectivity index (χ2v) is 9.34. The van der Waals surface area contributed by atoms with Crippen LogP contribution in [0.4, 0.5) is 0 Å². The van der Waals surface area contributed by atoms with Gasteiger partial charge in [-0.1, -0.05) is 0 Å². The Morgan fingerprint density at radius 3 is 2.47 bits per heavy atom. The highest BCUT2D eigenvalue weighted by Gasteiger charge is 2.26. The molecular formula is C22H24N8O2. The molecule has 0 bridgehead atoms. The Bertz CT molecular complexity index is 1500. The number of pyridine rings is 1. The molecule has 0 aliphatic carbocycles. The summed E-state index contributed by atoms with van der Waals surface area (Å²) in [6.45, 7) is 9.89. The van der Waals surface area contributed by atoms with Gasteiger partial charge in [-0.25, -0.2) is 15.0 Å². The lowest BCUT2D eigenvalue weighted by molar-refractivity contribution is 0.295. The van der Waals surface area contributed by atoms with Crippen molar-refractivity contribution in [2.75, 3.05) is 0 Å².